The van der Waals surface area contributed by atoms with Crippen LogP contribution in [-0.2, 0) is 10.3 Å². The zero-order valence-electron chi connectivity index (χ0n) is 13.4. The van der Waals surface area contributed by atoms with Crippen molar-refractivity contribution in [2.24, 2.45) is 0 Å². The number of anilines is 1. The highest BCUT2D eigenvalue weighted by Crippen LogP contribution is 2.47. The molecular weight excluding hydrogens is 272 g/mol. The Balaban J connectivity index is 2.34. The maximum Gasteiger partial charge on any atom is 0.256 e. The van der Waals surface area contributed by atoms with Crippen LogP contribution in [0.5, 0.6) is 0 Å². The summed E-state index contributed by atoms with van der Waals surface area (Å²) in [6, 6.07) is 18.3. The molecule has 1 aliphatic heterocycles. The van der Waals surface area contributed by atoms with E-state index in [1.54, 1.807) is 4.90 Å². The number of fused-ring (bicyclic) bond motifs is 1. The molecule has 0 saturated carbocycles. The van der Waals surface area contributed by atoms with E-state index in [1.807, 2.05) is 43.4 Å². The van der Waals surface area contributed by atoms with Crippen molar-refractivity contribution in [2.45, 2.75) is 19.4 Å². The summed E-state index contributed by atoms with van der Waals surface area (Å²) >= 11 is 0. The van der Waals surface area contributed by atoms with Gasteiger partial charge in [0, 0.05) is 18.3 Å². The van der Waals surface area contributed by atoms with Crippen LogP contribution in [0.15, 0.2) is 54.6 Å². The maximum atomic E-state index is 13.3. The third kappa shape index (κ3) is 1.82. The van der Waals surface area contributed by atoms with Crippen molar-refractivity contribution in [3.8, 4) is 0 Å². The number of amides is 1. The van der Waals surface area contributed by atoms with Crippen LogP contribution < -0.4 is 4.90 Å². The summed E-state index contributed by atoms with van der Waals surface area (Å²) in [6.45, 7) is 5.86. The van der Waals surface area contributed by atoms with Gasteiger partial charge in [-0.15, -0.1) is 0 Å². The zero-order valence-corrected chi connectivity index (χ0v) is 13.4. The molecule has 1 amide bonds. The van der Waals surface area contributed by atoms with Gasteiger partial charge in [0.2, 0.25) is 0 Å². The summed E-state index contributed by atoms with van der Waals surface area (Å²) in [4.78, 5) is 17.4. The van der Waals surface area contributed by atoms with Crippen LogP contribution in [0.1, 0.15) is 25.0 Å². The molecule has 0 spiro atoms. The van der Waals surface area contributed by atoms with Crippen molar-refractivity contribution in [3.05, 3.63) is 65.7 Å². The molecule has 2 aromatic rings. The van der Waals surface area contributed by atoms with Gasteiger partial charge in [0.25, 0.3) is 5.91 Å². The average molecular weight is 294 g/mol. The van der Waals surface area contributed by atoms with Crippen LogP contribution in [0.2, 0.25) is 0 Å². The van der Waals surface area contributed by atoms with E-state index in [0.29, 0.717) is 0 Å². The molecule has 2 aromatic carbocycles. The maximum absolute atomic E-state index is 13.3. The van der Waals surface area contributed by atoms with E-state index in [0.717, 1.165) is 29.9 Å². The lowest BCUT2D eigenvalue weighted by atomic mass is 9.82. The normalized spacial score (nSPS) is 20.5. The molecule has 1 heterocycles. The molecule has 114 valence electrons. The van der Waals surface area contributed by atoms with Crippen molar-refractivity contribution in [1.82, 2.24) is 4.90 Å². The molecule has 0 radical (unpaired) electrons. The number of likely N-dealkylation sites (N-methyl/N-ethyl adjacent to an activating group) is 2. The Kier molecular flexibility index (Phi) is 3.75. The first kappa shape index (κ1) is 14.8. The van der Waals surface area contributed by atoms with Gasteiger partial charge in [-0.3, -0.25) is 9.69 Å². The number of rotatable bonds is 4. The van der Waals surface area contributed by atoms with Crippen LogP contribution in [0, 0.1) is 0 Å². The molecule has 0 aromatic heterocycles. The second kappa shape index (κ2) is 5.58. The summed E-state index contributed by atoms with van der Waals surface area (Å²) < 4.78 is 0. The minimum atomic E-state index is -0.712. The van der Waals surface area contributed by atoms with E-state index in [9.17, 15) is 4.79 Å². The summed E-state index contributed by atoms with van der Waals surface area (Å²) in [6.07, 6.45) is 0. The zero-order chi connectivity index (χ0) is 15.7. The fourth-order valence-electron chi connectivity index (χ4n) is 3.68. The standard InChI is InChI=1S/C19H22N2O/c1-4-21(5-2)19(15-11-7-6-8-12-15)16-13-9-10-14-17(16)20(3)18(19)22/h6-14H,4-5H2,1-3H3/t19-/m0/s1. The predicted octanol–water partition coefficient (Wildman–Crippen LogP) is 3.25. The van der Waals surface area contributed by atoms with Crippen molar-refractivity contribution in [1.29, 1.82) is 0 Å². The Bertz CT molecular complexity index is 679. The van der Waals surface area contributed by atoms with Crippen LogP contribution in [0.3, 0.4) is 0 Å². The van der Waals surface area contributed by atoms with E-state index in [2.05, 4.69) is 36.9 Å². The van der Waals surface area contributed by atoms with Gasteiger partial charge < -0.3 is 4.90 Å². The summed E-state index contributed by atoms with van der Waals surface area (Å²) in [5, 5.41) is 0. The van der Waals surface area contributed by atoms with Gasteiger partial charge in [-0.05, 0) is 24.7 Å². The molecule has 0 aliphatic carbocycles. The molecule has 0 unspecified atom stereocenters. The van der Waals surface area contributed by atoms with Gasteiger partial charge in [-0.1, -0.05) is 62.4 Å². The molecule has 3 heteroatoms. The Hall–Kier alpha value is -2.13. The third-order valence-electron chi connectivity index (χ3n) is 4.70. The first-order valence-electron chi connectivity index (χ1n) is 7.86. The third-order valence-corrected chi connectivity index (χ3v) is 4.70. The monoisotopic (exact) mass is 294 g/mol. The van der Waals surface area contributed by atoms with Gasteiger partial charge in [0.05, 0.1) is 0 Å². The number of para-hydroxylation sites is 1. The Morgan fingerprint density at radius 2 is 1.55 bits per heavy atom. The van der Waals surface area contributed by atoms with Gasteiger partial charge in [-0.2, -0.15) is 0 Å². The first-order chi connectivity index (χ1) is 10.7. The summed E-state index contributed by atoms with van der Waals surface area (Å²) in [5.74, 6) is 0.128. The lowest BCUT2D eigenvalue weighted by Crippen LogP contribution is -2.53. The van der Waals surface area contributed by atoms with Gasteiger partial charge in [0.1, 0.15) is 0 Å². The Morgan fingerprint density at radius 3 is 2.18 bits per heavy atom. The average Bonchev–Trinajstić information content (AvgIpc) is 2.80. The second-order valence-electron chi connectivity index (χ2n) is 5.63. The highest BCUT2D eigenvalue weighted by molar-refractivity contribution is 6.09. The molecular formula is C19H22N2O. The van der Waals surface area contributed by atoms with Gasteiger partial charge in [0.15, 0.2) is 5.54 Å². The summed E-state index contributed by atoms with van der Waals surface area (Å²) in [5.41, 5.74) is 2.41. The van der Waals surface area contributed by atoms with Crippen LogP contribution in [0.25, 0.3) is 0 Å². The quantitative estimate of drug-likeness (QED) is 0.864. The molecule has 0 N–H and O–H groups in total. The largest absolute Gasteiger partial charge is 0.313 e. The molecule has 0 saturated heterocycles. The molecule has 0 bridgehead atoms. The van der Waals surface area contributed by atoms with E-state index >= 15 is 0 Å². The van der Waals surface area contributed by atoms with Crippen molar-refractivity contribution in [3.63, 3.8) is 0 Å². The van der Waals surface area contributed by atoms with Gasteiger partial charge in [-0.25, -0.2) is 0 Å². The predicted molar refractivity (Wildman–Crippen MR) is 90.0 cm³/mol. The highest BCUT2D eigenvalue weighted by Gasteiger charge is 2.53. The highest BCUT2D eigenvalue weighted by atomic mass is 16.2. The molecule has 1 aliphatic rings. The number of hydrogen-bond donors (Lipinski definition) is 0. The fraction of sp³-hybridized carbons (Fsp3) is 0.316. The lowest BCUT2D eigenvalue weighted by molar-refractivity contribution is -0.127. The Labute approximate surface area is 132 Å². The number of carbonyl (C=O) groups excluding carboxylic acids is 1. The van der Waals surface area contributed by atoms with Crippen molar-refractivity contribution < 1.29 is 4.79 Å². The van der Waals surface area contributed by atoms with Crippen molar-refractivity contribution >= 4 is 11.6 Å². The number of hydrogen-bond acceptors (Lipinski definition) is 2. The van der Waals surface area contributed by atoms with Crippen LogP contribution >= 0.6 is 0 Å². The Morgan fingerprint density at radius 1 is 0.955 bits per heavy atom. The van der Waals surface area contributed by atoms with E-state index in [4.69, 9.17) is 0 Å². The minimum absolute atomic E-state index is 0.128. The molecule has 0 fully saturated rings. The van der Waals surface area contributed by atoms with E-state index in [-0.39, 0.29) is 5.91 Å². The molecule has 3 nitrogen and oxygen atoms in total. The smallest absolute Gasteiger partial charge is 0.256 e. The van der Waals surface area contributed by atoms with Crippen molar-refractivity contribution in [2.75, 3.05) is 25.0 Å². The molecule has 1 atom stereocenters. The number of benzene rings is 2. The topological polar surface area (TPSA) is 23.6 Å². The lowest BCUT2D eigenvalue weighted by Gasteiger charge is -2.39. The fourth-order valence-corrected chi connectivity index (χ4v) is 3.68. The number of carbonyl (C=O) groups is 1. The van der Waals surface area contributed by atoms with E-state index < -0.39 is 5.54 Å². The SMILES string of the molecule is CCN(CC)[C@]1(c2ccccc2)C(=O)N(C)c2ccccc21. The van der Waals surface area contributed by atoms with Crippen LogP contribution in [-0.4, -0.2) is 30.9 Å². The van der Waals surface area contributed by atoms with Crippen LogP contribution in [0.4, 0.5) is 5.69 Å². The minimum Gasteiger partial charge on any atom is -0.313 e. The number of nitrogens with zero attached hydrogens (tertiary/aromatic N) is 2. The summed E-state index contributed by atoms with van der Waals surface area (Å²) in [7, 11) is 1.87. The molecule has 3 rings (SSSR count). The van der Waals surface area contributed by atoms with Gasteiger partial charge >= 0.3 is 0 Å². The second-order valence-corrected chi connectivity index (χ2v) is 5.63. The van der Waals surface area contributed by atoms with E-state index in [1.165, 1.54) is 0 Å². The first-order valence-corrected chi connectivity index (χ1v) is 7.86. The molecule has 22 heavy (non-hydrogen) atoms.